The molecule has 7 atom stereocenters. The van der Waals surface area contributed by atoms with Crippen LogP contribution in [-0.4, -0.2) is 44.2 Å². The molecule has 9 nitrogen and oxygen atoms in total. The zero-order chi connectivity index (χ0) is 28.9. The molecule has 1 saturated carbocycles. The van der Waals surface area contributed by atoms with Gasteiger partial charge in [0.25, 0.3) is 12.9 Å². The summed E-state index contributed by atoms with van der Waals surface area (Å²) in [6.07, 6.45) is -10.3. The number of carbonyl (C=O) groups excluding carboxylic acids is 1. The van der Waals surface area contributed by atoms with Gasteiger partial charge >= 0.3 is 6.18 Å². The largest absolute Gasteiger partial charge is 0.433 e. The molecule has 214 valence electrons. The molecule has 4 heterocycles. The van der Waals surface area contributed by atoms with Crippen LogP contribution in [0.3, 0.4) is 0 Å². The topological polar surface area (TPSA) is 119 Å². The molecule has 2 aromatic rings. The molecule has 3 aliphatic rings. The third-order valence-electron chi connectivity index (χ3n) is 7.67. The maximum atomic E-state index is 13.3. The first-order chi connectivity index (χ1) is 18.9. The van der Waals surface area contributed by atoms with Crippen molar-refractivity contribution in [2.24, 2.45) is 11.8 Å². The van der Waals surface area contributed by atoms with E-state index in [1.54, 1.807) is 11.9 Å². The Balaban J connectivity index is 1.39. The molecule has 2 saturated heterocycles. The molecule has 0 spiro atoms. The summed E-state index contributed by atoms with van der Waals surface area (Å²) in [5.41, 5.74) is 0.644. The standard InChI is InChI=1S/C24H23F7N8O/c1-9(10-2-5-16(33-8-10)24(29,30)31)39-22-17(15(7-32)38-39)23(40)37-21(36-22)12-4-3-11(12)20-34-13(18(25)26)6-14(35-20)19(27)28/h2,5-6,8-9,11-12,15,17-19,21-22,36,38H,3-4H2,1H3,(H,37,40)/t9-,11-,12?,15?,17?,21?,22?/m1/s1. The van der Waals surface area contributed by atoms with Crippen molar-refractivity contribution in [2.75, 3.05) is 0 Å². The number of nitriles is 1. The maximum Gasteiger partial charge on any atom is 0.433 e. The van der Waals surface area contributed by atoms with Crippen molar-refractivity contribution >= 4 is 5.91 Å². The highest BCUT2D eigenvalue weighted by molar-refractivity contribution is 5.82. The molecule has 5 rings (SSSR count). The van der Waals surface area contributed by atoms with Gasteiger partial charge in [-0.05, 0) is 37.5 Å². The van der Waals surface area contributed by atoms with Crippen LogP contribution < -0.4 is 16.1 Å². The number of fused-ring (bicyclic) bond motifs is 1. The molecular weight excluding hydrogens is 549 g/mol. The van der Waals surface area contributed by atoms with Crippen molar-refractivity contribution in [3.8, 4) is 6.07 Å². The number of alkyl halides is 7. The molecule has 0 radical (unpaired) electrons. The van der Waals surface area contributed by atoms with E-state index in [9.17, 15) is 40.8 Å². The second-order valence-electron chi connectivity index (χ2n) is 9.94. The number of nitrogens with one attached hydrogen (secondary N) is 3. The van der Waals surface area contributed by atoms with Crippen LogP contribution in [0.25, 0.3) is 0 Å². The fourth-order valence-electron chi connectivity index (χ4n) is 5.44. The summed E-state index contributed by atoms with van der Waals surface area (Å²) in [5, 5.41) is 17.3. The Morgan fingerprint density at radius 1 is 1.10 bits per heavy atom. The molecule has 1 amide bonds. The molecule has 3 fully saturated rings. The summed E-state index contributed by atoms with van der Waals surface area (Å²) in [4.78, 5) is 24.3. The molecule has 40 heavy (non-hydrogen) atoms. The summed E-state index contributed by atoms with van der Waals surface area (Å²) < 4.78 is 92.2. The maximum absolute atomic E-state index is 13.3. The van der Waals surface area contributed by atoms with Crippen LogP contribution in [-0.2, 0) is 11.0 Å². The smallest absolute Gasteiger partial charge is 0.340 e. The van der Waals surface area contributed by atoms with Crippen LogP contribution >= 0.6 is 0 Å². The van der Waals surface area contributed by atoms with Crippen molar-refractivity contribution in [2.45, 2.75) is 69.1 Å². The van der Waals surface area contributed by atoms with Crippen LogP contribution in [0.5, 0.6) is 0 Å². The predicted octanol–water partition coefficient (Wildman–Crippen LogP) is 3.72. The van der Waals surface area contributed by atoms with Gasteiger partial charge in [0.2, 0.25) is 5.91 Å². The summed E-state index contributed by atoms with van der Waals surface area (Å²) in [6, 6.07) is 3.10. The van der Waals surface area contributed by atoms with E-state index in [1.165, 1.54) is 6.07 Å². The average molecular weight is 572 g/mol. The van der Waals surface area contributed by atoms with E-state index in [0.29, 0.717) is 24.5 Å². The lowest BCUT2D eigenvalue weighted by Gasteiger charge is -2.47. The van der Waals surface area contributed by atoms with Gasteiger partial charge in [-0.15, -0.1) is 0 Å². The number of halogens is 7. The minimum absolute atomic E-state index is 0.164. The monoisotopic (exact) mass is 572 g/mol. The van der Waals surface area contributed by atoms with E-state index in [4.69, 9.17) is 0 Å². The van der Waals surface area contributed by atoms with E-state index in [-0.39, 0.29) is 5.82 Å². The van der Waals surface area contributed by atoms with Gasteiger partial charge in [-0.25, -0.2) is 38.0 Å². The summed E-state index contributed by atoms with van der Waals surface area (Å²) >= 11 is 0. The van der Waals surface area contributed by atoms with Crippen molar-refractivity contribution in [1.29, 1.82) is 5.26 Å². The number of aromatic nitrogens is 3. The summed E-state index contributed by atoms with van der Waals surface area (Å²) in [6.45, 7) is 1.67. The van der Waals surface area contributed by atoms with Gasteiger partial charge in [0, 0.05) is 24.1 Å². The molecule has 0 bridgehead atoms. The number of nitrogens with zero attached hydrogens (tertiary/aromatic N) is 5. The Kier molecular flexibility index (Phi) is 7.40. The van der Waals surface area contributed by atoms with E-state index >= 15 is 0 Å². The van der Waals surface area contributed by atoms with E-state index in [1.807, 2.05) is 6.07 Å². The zero-order valence-electron chi connectivity index (χ0n) is 20.7. The van der Waals surface area contributed by atoms with Crippen molar-refractivity contribution in [1.82, 2.24) is 36.0 Å². The SMILES string of the molecule is C[C@H](c1ccc(C(F)(F)F)nc1)N1NC(C#N)C2C(=O)NC(C3CC[C@H]3c3nc(C(F)F)cc(C(F)F)n3)NC21. The molecule has 1 aliphatic carbocycles. The van der Waals surface area contributed by atoms with E-state index in [0.717, 1.165) is 12.3 Å². The van der Waals surface area contributed by atoms with E-state index < -0.39 is 84.2 Å². The van der Waals surface area contributed by atoms with Gasteiger partial charge < -0.3 is 5.32 Å². The Hall–Kier alpha value is -3.42. The fourth-order valence-corrected chi connectivity index (χ4v) is 5.44. The first-order valence-electron chi connectivity index (χ1n) is 12.4. The van der Waals surface area contributed by atoms with Crippen LogP contribution in [0.15, 0.2) is 24.4 Å². The number of amides is 1. The number of carbonyl (C=O) groups is 1. The van der Waals surface area contributed by atoms with Gasteiger partial charge in [0.05, 0.1) is 24.3 Å². The Labute approximate surface area is 223 Å². The Bertz CT molecular complexity index is 1280. The van der Waals surface area contributed by atoms with Crippen molar-refractivity contribution in [3.05, 3.63) is 52.9 Å². The lowest BCUT2D eigenvalue weighted by molar-refractivity contribution is -0.141. The first kappa shape index (κ1) is 28.1. The van der Waals surface area contributed by atoms with Gasteiger partial charge in [-0.2, -0.15) is 18.4 Å². The number of pyridine rings is 1. The second kappa shape index (κ2) is 10.5. The highest BCUT2D eigenvalue weighted by Crippen LogP contribution is 2.45. The minimum atomic E-state index is -4.62. The van der Waals surface area contributed by atoms with Crippen molar-refractivity contribution < 1.29 is 35.5 Å². The summed E-state index contributed by atoms with van der Waals surface area (Å²) in [7, 11) is 0. The highest BCUT2D eigenvalue weighted by atomic mass is 19.4. The van der Waals surface area contributed by atoms with Gasteiger partial charge in [0.1, 0.15) is 28.9 Å². The quantitative estimate of drug-likeness (QED) is 0.449. The van der Waals surface area contributed by atoms with Gasteiger partial charge in [-0.1, -0.05) is 6.07 Å². The lowest BCUT2D eigenvalue weighted by Crippen LogP contribution is -2.68. The zero-order valence-corrected chi connectivity index (χ0v) is 20.7. The van der Waals surface area contributed by atoms with Crippen molar-refractivity contribution in [3.63, 3.8) is 0 Å². The number of hydrazine groups is 1. The minimum Gasteiger partial charge on any atom is -0.340 e. The fraction of sp³-hybridized carbons (Fsp3) is 0.542. The lowest BCUT2D eigenvalue weighted by atomic mass is 9.70. The van der Waals surface area contributed by atoms with Gasteiger partial charge in [0.15, 0.2) is 0 Å². The molecule has 2 aromatic heterocycles. The first-order valence-corrected chi connectivity index (χ1v) is 12.4. The average Bonchev–Trinajstić information content (AvgIpc) is 3.26. The third kappa shape index (κ3) is 5.08. The van der Waals surface area contributed by atoms with Crippen LogP contribution in [0.1, 0.15) is 73.0 Å². The number of rotatable bonds is 6. The number of hydrogen-bond donors (Lipinski definition) is 3. The normalized spacial score (nSPS) is 29.6. The third-order valence-corrected chi connectivity index (χ3v) is 7.67. The molecule has 0 aromatic carbocycles. The molecular formula is C24H23F7N8O. The molecule has 2 aliphatic heterocycles. The van der Waals surface area contributed by atoms with Crippen LogP contribution in [0.2, 0.25) is 0 Å². The molecule has 3 N–H and O–H groups in total. The number of hydrogen-bond acceptors (Lipinski definition) is 8. The van der Waals surface area contributed by atoms with Gasteiger partial charge in [-0.3, -0.25) is 15.1 Å². The second-order valence-corrected chi connectivity index (χ2v) is 9.94. The Morgan fingerprint density at radius 2 is 1.77 bits per heavy atom. The van der Waals surface area contributed by atoms with Crippen LogP contribution in [0.4, 0.5) is 30.7 Å². The molecule has 16 heteroatoms. The molecule has 5 unspecified atom stereocenters. The Morgan fingerprint density at radius 3 is 2.27 bits per heavy atom. The van der Waals surface area contributed by atoms with Crippen LogP contribution in [0, 0.1) is 23.2 Å². The highest BCUT2D eigenvalue weighted by Gasteiger charge is 2.54. The van der Waals surface area contributed by atoms with E-state index in [2.05, 4.69) is 31.0 Å². The predicted molar refractivity (Wildman–Crippen MR) is 122 cm³/mol. The summed E-state index contributed by atoms with van der Waals surface area (Å²) in [5.74, 6) is -2.57.